The van der Waals surface area contributed by atoms with Gasteiger partial charge in [0.05, 0.1) is 23.2 Å². The number of hydrogen-bond donors (Lipinski definition) is 1. The van der Waals surface area contributed by atoms with Crippen LogP contribution in [0.2, 0.25) is 0 Å². The summed E-state index contributed by atoms with van der Waals surface area (Å²) in [4.78, 5) is 10.8. The van der Waals surface area contributed by atoms with Gasteiger partial charge in [-0.2, -0.15) is 0 Å². The van der Waals surface area contributed by atoms with Crippen LogP contribution in [0.25, 0.3) is 0 Å². The number of halogens is 1. The Hall–Kier alpha value is -1.47. The Kier molecular flexibility index (Phi) is 4.39. The molecule has 20 heavy (non-hydrogen) atoms. The Bertz CT molecular complexity index is 605. The molecule has 7 heteroatoms. The third-order valence-corrected chi connectivity index (χ3v) is 4.76. The summed E-state index contributed by atoms with van der Waals surface area (Å²) in [6.45, 7) is 0.545. The molecule has 1 aromatic rings. The van der Waals surface area contributed by atoms with Gasteiger partial charge in [-0.3, -0.25) is 0 Å². The highest BCUT2D eigenvalue weighted by atomic mass is 32.2. The van der Waals surface area contributed by atoms with Crippen LogP contribution in [0.1, 0.15) is 28.8 Å². The van der Waals surface area contributed by atoms with Crippen molar-refractivity contribution in [3.63, 3.8) is 0 Å². The Morgan fingerprint density at radius 1 is 1.45 bits per heavy atom. The Morgan fingerprint density at radius 3 is 2.80 bits per heavy atom. The molecule has 1 unspecified atom stereocenters. The zero-order valence-corrected chi connectivity index (χ0v) is 11.5. The lowest BCUT2D eigenvalue weighted by Crippen LogP contribution is -2.22. The average Bonchev–Trinajstić information content (AvgIpc) is 2.83. The van der Waals surface area contributed by atoms with Crippen molar-refractivity contribution in [2.24, 2.45) is 0 Å². The van der Waals surface area contributed by atoms with Crippen LogP contribution in [0.5, 0.6) is 0 Å². The van der Waals surface area contributed by atoms with E-state index in [0.29, 0.717) is 13.0 Å². The first-order chi connectivity index (χ1) is 9.37. The molecule has 0 radical (unpaired) electrons. The first-order valence-electron chi connectivity index (χ1n) is 6.21. The van der Waals surface area contributed by atoms with E-state index in [0.717, 1.165) is 24.6 Å². The van der Waals surface area contributed by atoms with E-state index in [1.54, 1.807) is 0 Å². The minimum Gasteiger partial charge on any atom is -0.478 e. The number of carboxylic acid groups (broad SMARTS) is 1. The van der Waals surface area contributed by atoms with Gasteiger partial charge in [-0.05, 0) is 31.0 Å². The van der Waals surface area contributed by atoms with Gasteiger partial charge >= 0.3 is 5.97 Å². The number of carbonyl (C=O) groups is 1. The van der Waals surface area contributed by atoms with Crippen molar-refractivity contribution < 1.29 is 27.4 Å². The molecule has 110 valence electrons. The topological polar surface area (TPSA) is 80.7 Å². The van der Waals surface area contributed by atoms with Gasteiger partial charge in [0.25, 0.3) is 0 Å². The van der Waals surface area contributed by atoms with Gasteiger partial charge in [0.1, 0.15) is 5.82 Å². The lowest BCUT2D eigenvalue weighted by atomic mass is 10.1. The van der Waals surface area contributed by atoms with Gasteiger partial charge in [0, 0.05) is 12.2 Å². The Labute approximate surface area is 116 Å². The SMILES string of the molecule is O=C(O)c1ccc(F)c(CS(=O)(=O)CC2CCCO2)c1. The summed E-state index contributed by atoms with van der Waals surface area (Å²) in [5.74, 6) is -2.61. The van der Waals surface area contributed by atoms with E-state index >= 15 is 0 Å². The number of sulfone groups is 1. The number of aromatic carboxylic acids is 1. The molecule has 1 aliphatic heterocycles. The van der Waals surface area contributed by atoms with Crippen LogP contribution < -0.4 is 0 Å². The summed E-state index contributed by atoms with van der Waals surface area (Å²) in [6, 6.07) is 3.14. The number of benzene rings is 1. The summed E-state index contributed by atoms with van der Waals surface area (Å²) < 4.78 is 42.8. The van der Waals surface area contributed by atoms with Gasteiger partial charge in [-0.15, -0.1) is 0 Å². The van der Waals surface area contributed by atoms with Crippen LogP contribution in [0.4, 0.5) is 4.39 Å². The predicted molar refractivity (Wildman–Crippen MR) is 69.8 cm³/mol. The molecule has 5 nitrogen and oxygen atoms in total. The second-order valence-electron chi connectivity index (χ2n) is 4.80. The molecular formula is C13H15FO5S. The summed E-state index contributed by atoms with van der Waals surface area (Å²) in [6.07, 6.45) is 1.16. The molecule has 0 aliphatic carbocycles. The van der Waals surface area contributed by atoms with Crippen molar-refractivity contribution in [3.8, 4) is 0 Å². The molecule has 0 bridgehead atoms. The summed E-state index contributed by atoms with van der Waals surface area (Å²) >= 11 is 0. The average molecular weight is 302 g/mol. The van der Waals surface area contributed by atoms with E-state index in [-0.39, 0.29) is 23.0 Å². The predicted octanol–water partition coefficient (Wildman–Crippen LogP) is 1.62. The van der Waals surface area contributed by atoms with E-state index in [9.17, 15) is 17.6 Å². The normalized spacial score (nSPS) is 19.1. The lowest BCUT2D eigenvalue weighted by molar-refractivity contribution is 0.0696. The minimum absolute atomic E-state index is 0.122. The number of hydrogen-bond acceptors (Lipinski definition) is 4. The third kappa shape index (κ3) is 3.77. The second kappa shape index (κ2) is 5.88. The number of carboxylic acids is 1. The Balaban J connectivity index is 2.15. The summed E-state index contributed by atoms with van der Waals surface area (Å²) in [7, 11) is -3.54. The van der Waals surface area contributed by atoms with Gasteiger partial charge < -0.3 is 9.84 Å². The zero-order valence-electron chi connectivity index (χ0n) is 10.7. The van der Waals surface area contributed by atoms with Crippen molar-refractivity contribution in [3.05, 3.63) is 35.1 Å². The van der Waals surface area contributed by atoms with E-state index in [2.05, 4.69) is 0 Å². The fraction of sp³-hybridized carbons (Fsp3) is 0.462. The maximum Gasteiger partial charge on any atom is 0.335 e. The largest absolute Gasteiger partial charge is 0.478 e. The van der Waals surface area contributed by atoms with E-state index < -0.39 is 27.4 Å². The molecule has 1 heterocycles. The van der Waals surface area contributed by atoms with Crippen molar-refractivity contribution >= 4 is 15.8 Å². The first kappa shape index (κ1) is 14.9. The molecule has 1 aliphatic rings. The number of rotatable bonds is 5. The van der Waals surface area contributed by atoms with Crippen molar-refractivity contribution in [2.45, 2.75) is 24.7 Å². The van der Waals surface area contributed by atoms with Gasteiger partial charge in [0.15, 0.2) is 9.84 Å². The van der Waals surface area contributed by atoms with Gasteiger partial charge in [0.2, 0.25) is 0 Å². The fourth-order valence-electron chi connectivity index (χ4n) is 2.17. The van der Waals surface area contributed by atoms with Gasteiger partial charge in [-0.25, -0.2) is 17.6 Å². The fourth-order valence-corrected chi connectivity index (χ4v) is 3.82. The molecule has 2 rings (SSSR count). The molecule has 0 amide bonds. The van der Waals surface area contributed by atoms with Crippen molar-refractivity contribution in [2.75, 3.05) is 12.4 Å². The lowest BCUT2D eigenvalue weighted by Gasteiger charge is -2.11. The molecule has 1 saturated heterocycles. The van der Waals surface area contributed by atoms with Crippen LogP contribution in [0.3, 0.4) is 0 Å². The summed E-state index contributed by atoms with van der Waals surface area (Å²) in [5.41, 5.74) is -0.253. The van der Waals surface area contributed by atoms with E-state index in [1.807, 2.05) is 0 Å². The van der Waals surface area contributed by atoms with Crippen LogP contribution in [-0.4, -0.2) is 38.0 Å². The van der Waals surface area contributed by atoms with Gasteiger partial charge in [-0.1, -0.05) is 0 Å². The summed E-state index contributed by atoms with van der Waals surface area (Å²) in [5, 5.41) is 8.84. The molecule has 0 saturated carbocycles. The number of ether oxygens (including phenoxy) is 1. The molecule has 1 aromatic carbocycles. The van der Waals surface area contributed by atoms with Crippen LogP contribution in [0.15, 0.2) is 18.2 Å². The molecule has 1 atom stereocenters. The second-order valence-corrected chi connectivity index (χ2v) is 6.91. The van der Waals surface area contributed by atoms with Crippen molar-refractivity contribution in [1.82, 2.24) is 0 Å². The molecule has 1 fully saturated rings. The Morgan fingerprint density at radius 2 is 2.20 bits per heavy atom. The third-order valence-electron chi connectivity index (χ3n) is 3.13. The standard InChI is InChI=1S/C13H15FO5S/c14-12-4-3-9(13(15)16)6-10(12)7-20(17,18)8-11-2-1-5-19-11/h3-4,6,11H,1-2,5,7-8H2,(H,15,16). The van der Waals surface area contributed by atoms with Crippen LogP contribution in [-0.2, 0) is 20.3 Å². The maximum absolute atomic E-state index is 13.6. The molecule has 1 N–H and O–H groups in total. The quantitative estimate of drug-likeness (QED) is 0.894. The van der Waals surface area contributed by atoms with E-state index in [1.165, 1.54) is 0 Å². The first-order valence-corrected chi connectivity index (χ1v) is 8.03. The maximum atomic E-state index is 13.6. The highest BCUT2D eigenvalue weighted by molar-refractivity contribution is 7.90. The van der Waals surface area contributed by atoms with Crippen molar-refractivity contribution in [1.29, 1.82) is 0 Å². The highest BCUT2D eigenvalue weighted by Gasteiger charge is 2.24. The van der Waals surface area contributed by atoms with Crippen LogP contribution >= 0.6 is 0 Å². The smallest absolute Gasteiger partial charge is 0.335 e. The van der Waals surface area contributed by atoms with E-state index in [4.69, 9.17) is 9.84 Å². The minimum atomic E-state index is -3.54. The monoisotopic (exact) mass is 302 g/mol. The van der Waals surface area contributed by atoms with Crippen LogP contribution in [0, 0.1) is 5.82 Å². The molecule has 0 spiro atoms. The molecule has 0 aromatic heterocycles. The highest BCUT2D eigenvalue weighted by Crippen LogP contribution is 2.19. The zero-order chi connectivity index (χ0) is 14.8. The molecular weight excluding hydrogens is 287 g/mol.